The van der Waals surface area contributed by atoms with E-state index >= 15 is 0 Å². The Morgan fingerprint density at radius 2 is 1.82 bits per heavy atom. The molecule has 1 heterocycles. The predicted molar refractivity (Wildman–Crippen MR) is 110 cm³/mol. The van der Waals surface area contributed by atoms with Crippen molar-refractivity contribution in [2.75, 3.05) is 13.2 Å². The summed E-state index contributed by atoms with van der Waals surface area (Å²) < 4.78 is 5.17. The zero-order valence-corrected chi connectivity index (χ0v) is 16.9. The molecule has 0 saturated heterocycles. The van der Waals surface area contributed by atoms with Gasteiger partial charge in [0, 0.05) is 29.1 Å². The molecule has 1 aromatic heterocycles. The van der Waals surface area contributed by atoms with Crippen LogP contribution in [0, 0.1) is 0 Å². The summed E-state index contributed by atoms with van der Waals surface area (Å²) in [4.78, 5) is 30.6. The minimum Gasteiger partial charge on any atom is -0.451 e. The zero-order valence-electron chi connectivity index (χ0n) is 15.3. The van der Waals surface area contributed by atoms with Crippen molar-refractivity contribution >= 4 is 34.8 Å². The third-order valence-corrected chi connectivity index (χ3v) is 5.23. The summed E-state index contributed by atoms with van der Waals surface area (Å²) in [7, 11) is 0. The molecule has 1 amide bonds. The fourth-order valence-corrected chi connectivity index (χ4v) is 3.49. The Morgan fingerprint density at radius 1 is 1.11 bits per heavy atom. The molecule has 0 fully saturated rings. The van der Waals surface area contributed by atoms with Gasteiger partial charge in [0.1, 0.15) is 5.01 Å². The van der Waals surface area contributed by atoms with Gasteiger partial charge in [0.05, 0.1) is 0 Å². The van der Waals surface area contributed by atoms with Gasteiger partial charge in [0.25, 0.3) is 5.91 Å². The second-order valence-electron chi connectivity index (χ2n) is 6.01. The van der Waals surface area contributed by atoms with E-state index in [9.17, 15) is 9.59 Å². The molecular formula is C21H19ClN2O3S. The summed E-state index contributed by atoms with van der Waals surface area (Å²) in [6, 6.07) is 16.9. The lowest BCUT2D eigenvalue weighted by Gasteiger charge is -2.20. The van der Waals surface area contributed by atoms with E-state index in [4.69, 9.17) is 16.3 Å². The highest BCUT2D eigenvalue weighted by molar-refractivity contribution is 7.13. The lowest BCUT2D eigenvalue weighted by atomic mass is 10.2. The van der Waals surface area contributed by atoms with Crippen LogP contribution in [-0.4, -0.2) is 34.9 Å². The summed E-state index contributed by atoms with van der Waals surface area (Å²) in [6.07, 6.45) is 0. The van der Waals surface area contributed by atoms with Crippen molar-refractivity contribution in [1.29, 1.82) is 0 Å². The molecule has 0 radical (unpaired) electrons. The third-order valence-electron chi connectivity index (χ3n) is 4.08. The van der Waals surface area contributed by atoms with Crippen LogP contribution in [0.2, 0.25) is 5.02 Å². The number of rotatable bonds is 7. The molecule has 0 unspecified atom stereocenters. The van der Waals surface area contributed by atoms with Gasteiger partial charge < -0.3 is 9.64 Å². The van der Waals surface area contributed by atoms with Crippen LogP contribution in [0.4, 0.5) is 0 Å². The topological polar surface area (TPSA) is 59.5 Å². The van der Waals surface area contributed by atoms with E-state index in [-0.39, 0.29) is 18.2 Å². The lowest BCUT2D eigenvalue weighted by molar-refractivity contribution is -0.134. The van der Waals surface area contributed by atoms with Crippen molar-refractivity contribution in [3.63, 3.8) is 0 Å². The number of esters is 1. The van der Waals surface area contributed by atoms with Gasteiger partial charge in [-0.05, 0) is 24.6 Å². The van der Waals surface area contributed by atoms with Crippen molar-refractivity contribution in [2.45, 2.75) is 13.5 Å². The van der Waals surface area contributed by atoms with Gasteiger partial charge in [-0.15, -0.1) is 11.3 Å². The van der Waals surface area contributed by atoms with Crippen LogP contribution in [0.1, 0.15) is 23.0 Å². The average Bonchev–Trinajstić information content (AvgIpc) is 3.21. The molecule has 0 aliphatic carbocycles. The number of hydrogen-bond donors (Lipinski definition) is 0. The zero-order chi connectivity index (χ0) is 19.9. The summed E-state index contributed by atoms with van der Waals surface area (Å²) in [6.45, 7) is 2.59. The smallest absolute Gasteiger partial charge is 0.358 e. The molecule has 144 valence electrons. The summed E-state index contributed by atoms with van der Waals surface area (Å²) in [5, 5.41) is 2.95. The van der Waals surface area contributed by atoms with E-state index in [0.29, 0.717) is 23.1 Å². The van der Waals surface area contributed by atoms with Crippen molar-refractivity contribution in [2.24, 2.45) is 0 Å². The fraction of sp³-hybridized carbons (Fsp3) is 0.190. The Balaban J connectivity index is 1.57. The molecule has 3 aromatic rings. The molecule has 0 aliphatic heterocycles. The maximum Gasteiger partial charge on any atom is 0.358 e. The summed E-state index contributed by atoms with van der Waals surface area (Å²) in [5.41, 5.74) is 2.08. The number of aromatic nitrogens is 1. The number of benzene rings is 2. The molecule has 3 rings (SSSR count). The Bertz CT molecular complexity index is 942. The number of ether oxygens (including phenoxy) is 1. The quantitative estimate of drug-likeness (QED) is 0.527. The first-order valence-corrected chi connectivity index (χ1v) is 10.0. The standard InChI is InChI=1S/C21H19ClN2O3S/c1-2-24(12-15-6-4-3-5-7-15)19(25)13-27-21(26)18-14-28-20(23-18)16-8-10-17(22)11-9-16/h3-11,14H,2,12-13H2,1H3. The van der Waals surface area contributed by atoms with Gasteiger partial charge in [-0.25, -0.2) is 9.78 Å². The molecule has 0 bridgehead atoms. The number of carbonyl (C=O) groups excluding carboxylic acids is 2. The van der Waals surface area contributed by atoms with E-state index in [1.54, 1.807) is 22.4 Å². The maximum atomic E-state index is 12.4. The Hall–Kier alpha value is -2.70. The van der Waals surface area contributed by atoms with Gasteiger partial charge in [-0.2, -0.15) is 0 Å². The lowest BCUT2D eigenvalue weighted by Crippen LogP contribution is -2.34. The molecule has 0 aliphatic rings. The van der Waals surface area contributed by atoms with E-state index in [2.05, 4.69) is 4.98 Å². The van der Waals surface area contributed by atoms with Crippen molar-refractivity contribution < 1.29 is 14.3 Å². The van der Waals surface area contributed by atoms with Crippen molar-refractivity contribution in [3.8, 4) is 10.6 Å². The highest BCUT2D eigenvalue weighted by Gasteiger charge is 2.18. The first-order chi connectivity index (χ1) is 13.6. The fourth-order valence-electron chi connectivity index (χ4n) is 2.57. The summed E-state index contributed by atoms with van der Waals surface area (Å²) in [5.74, 6) is -0.853. The van der Waals surface area contributed by atoms with E-state index in [0.717, 1.165) is 11.1 Å². The largest absolute Gasteiger partial charge is 0.451 e. The predicted octanol–water partition coefficient (Wildman–Crippen LogP) is 4.67. The van der Waals surface area contributed by atoms with Gasteiger partial charge in [-0.3, -0.25) is 4.79 Å². The number of amides is 1. The first-order valence-electron chi connectivity index (χ1n) is 8.77. The molecule has 28 heavy (non-hydrogen) atoms. The first kappa shape index (κ1) is 20.0. The van der Waals surface area contributed by atoms with Crippen LogP contribution in [0.3, 0.4) is 0 Å². The van der Waals surface area contributed by atoms with Crippen LogP contribution >= 0.6 is 22.9 Å². The number of thiazole rings is 1. The highest BCUT2D eigenvalue weighted by Crippen LogP contribution is 2.25. The minimum atomic E-state index is -0.611. The molecule has 2 aromatic carbocycles. The maximum absolute atomic E-state index is 12.4. The Morgan fingerprint density at radius 3 is 2.50 bits per heavy atom. The van der Waals surface area contributed by atoms with Crippen molar-refractivity contribution in [3.05, 3.63) is 76.3 Å². The molecule has 0 N–H and O–H groups in total. The number of nitrogens with zero attached hydrogens (tertiary/aromatic N) is 2. The molecule has 7 heteroatoms. The number of carbonyl (C=O) groups is 2. The molecular weight excluding hydrogens is 396 g/mol. The number of likely N-dealkylation sites (N-methyl/N-ethyl adjacent to an activating group) is 1. The van der Waals surface area contributed by atoms with Crippen LogP contribution < -0.4 is 0 Å². The van der Waals surface area contributed by atoms with Gasteiger partial charge >= 0.3 is 5.97 Å². The van der Waals surface area contributed by atoms with E-state index < -0.39 is 5.97 Å². The van der Waals surface area contributed by atoms with Crippen LogP contribution in [-0.2, 0) is 16.1 Å². The number of hydrogen-bond acceptors (Lipinski definition) is 5. The number of halogens is 1. The molecule has 0 spiro atoms. The monoisotopic (exact) mass is 414 g/mol. The van der Waals surface area contributed by atoms with Crippen LogP contribution in [0.15, 0.2) is 60.0 Å². The molecule has 0 atom stereocenters. The van der Waals surface area contributed by atoms with Crippen LogP contribution in [0.5, 0.6) is 0 Å². The van der Waals surface area contributed by atoms with Gasteiger partial charge in [-0.1, -0.05) is 54.1 Å². The minimum absolute atomic E-state index is 0.189. The van der Waals surface area contributed by atoms with Crippen molar-refractivity contribution in [1.82, 2.24) is 9.88 Å². The molecule has 0 saturated carbocycles. The second-order valence-corrected chi connectivity index (χ2v) is 7.31. The highest BCUT2D eigenvalue weighted by atomic mass is 35.5. The normalized spacial score (nSPS) is 10.5. The molecule has 5 nitrogen and oxygen atoms in total. The summed E-state index contributed by atoms with van der Waals surface area (Å²) >= 11 is 7.22. The van der Waals surface area contributed by atoms with Crippen LogP contribution in [0.25, 0.3) is 10.6 Å². The third kappa shape index (κ3) is 5.18. The van der Waals surface area contributed by atoms with Gasteiger partial charge in [0.15, 0.2) is 12.3 Å². The van der Waals surface area contributed by atoms with E-state index in [1.165, 1.54) is 11.3 Å². The Kier molecular flexibility index (Phi) is 6.79. The Labute approximate surface area is 172 Å². The van der Waals surface area contributed by atoms with Gasteiger partial charge in [0.2, 0.25) is 0 Å². The average molecular weight is 415 g/mol. The SMILES string of the molecule is CCN(Cc1ccccc1)C(=O)COC(=O)c1csc(-c2ccc(Cl)cc2)n1. The van der Waals surface area contributed by atoms with E-state index in [1.807, 2.05) is 49.4 Å². The second kappa shape index (κ2) is 9.48.